The molecule has 12 heteroatoms. The van der Waals surface area contributed by atoms with Crippen LogP contribution in [0.5, 0.6) is 0 Å². The summed E-state index contributed by atoms with van der Waals surface area (Å²) in [7, 11) is 1.92. The van der Waals surface area contributed by atoms with Crippen molar-refractivity contribution in [2.75, 3.05) is 0 Å². The lowest BCUT2D eigenvalue weighted by Crippen LogP contribution is -2.40. The Hall–Kier alpha value is -0.480. The summed E-state index contributed by atoms with van der Waals surface area (Å²) in [5.41, 5.74) is 1.42. The van der Waals surface area contributed by atoms with Crippen LogP contribution in [0.2, 0.25) is 0 Å². The van der Waals surface area contributed by atoms with Crippen LogP contribution >= 0.6 is 33.0 Å². The molecule has 0 spiro atoms. The summed E-state index contributed by atoms with van der Waals surface area (Å²) in [6.07, 6.45) is 1.76. The van der Waals surface area contributed by atoms with Crippen LogP contribution in [-0.4, -0.2) is 26.8 Å². The number of allylic oxidation sites excluding steroid dienone is 2. The van der Waals surface area contributed by atoms with Crippen LogP contribution in [0.25, 0.3) is 0 Å². The molecule has 0 aromatic carbocycles. The van der Waals surface area contributed by atoms with Crippen molar-refractivity contribution in [3.8, 4) is 0 Å². The molecule has 7 nitrogen and oxygen atoms in total. The van der Waals surface area contributed by atoms with E-state index >= 15 is 0 Å². The highest BCUT2D eigenvalue weighted by atomic mass is 35.7. The van der Waals surface area contributed by atoms with Crippen molar-refractivity contribution < 1.29 is 21.8 Å². The van der Waals surface area contributed by atoms with Crippen LogP contribution in [0, 0.1) is 0 Å². The fraction of sp³-hybridized carbons (Fsp3) is 0.167. The second-order valence-electron chi connectivity index (χ2n) is 3.23. The van der Waals surface area contributed by atoms with E-state index in [0.717, 1.165) is 12.2 Å². The molecule has 18 heavy (non-hydrogen) atoms. The molecular formula is C6H3Cl3N2O5S2. The van der Waals surface area contributed by atoms with Gasteiger partial charge in [-0.05, 0) is 12.2 Å². The number of nitrogens with one attached hydrogen (secondary N) is 1. The highest BCUT2D eigenvalue weighted by molar-refractivity contribution is 8.17. The molecule has 0 amide bonds. The second-order valence-corrected chi connectivity index (χ2v) is 9.32. The molecule has 1 N–H and O–H groups in total. The van der Waals surface area contributed by atoms with E-state index in [1.165, 1.54) is 0 Å². The number of alkyl halides is 1. The van der Waals surface area contributed by atoms with Crippen LogP contribution in [0.1, 0.15) is 0 Å². The second kappa shape index (κ2) is 4.01. The molecule has 1 heterocycles. The van der Waals surface area contributed by atoms with Crippen molar-refractivity contribution in [1.29, 1.82) is 0 Å². The highest BCUT2D eigenvalue weighted by Gasteiger charge is 2.51. The van der Waals surface area contributed by atoms with E-state index in [0.29, 0.717) is 0 Å². The van der Waals surface area contributed by atoms with Gasteiger partial charge in [0, 0.05) is 21.4 Å². The average molecular weight is 354 g/mol. The van der Waals surface area contributed by atoms with Gasteiger partial charge in [0.25, 0.3) is 18.1 Å². The summed E-state index contributed by atoms with van der Waals surface area (Å²) in [5.74, 6) is 0. The minimum absolute atomic E-state index is 0.272. The largest absolute Gasteiger partial charge is 0.270 e. The first-order chi connectivity index (χ1) is 8.07. The summed E-state index contributed by atoms with van der Waals surface area (Å²) < 4.78 is 43.2. The Morgan fingerprint density at radius 2 is 1.89 bits per heavy atom. The van der Waals surface area contributed by atoms with E-state index in [4.69, 9.17) is 33.0 Å². The Labute approximate surface area is 116 Å². The molecule has 1 atom stereocenters. The number of nitrogens with zero attached hydrogens (tertiary/aromatic N) is 1. The first kappa shape index (κ1) is 13.9. The highest BCUT2D eigenvalue weighted by Crippen LogP contribution is 2.39. The Bertz CT molecular complexity index is 708. The molecule has 2 rings (SSSR count). The number of oxime groups is 1. The molecular weight excluding hydrogens is 351 g/mol. The van der Waals surface area contributed by atoms with E-state index < -0.39 is 32.9 Å². The number of hydrogen-bond acceptors (Lipinski definition) is 7. The molecule has 0 saturated carbocycles. The van der Waals surface area contributed by atoms with Gasteiger partial charge >= 0.3 is 0 Å². The van der Waals surface area contributed by atoms with Gasteiger partial charge in [0.1, 0.15) is 10.6 Å². The van der Waals surface area contributed by atoms with Gasteiger partial charge in [-0.1, -0.05) is 16.8 Å². The lowest BCUT2D eigenvalue weighted by molar-refractivity contribution is 0.0903. The SMILES string of the molecule is O=S(=O)(Cl)C1=C2NON=C2C(Cl)(S(=O)(=O)Cl)C=C1. The monoisotopic (exact) mass is 352 g/mol. The predicted molar refractivity (Wildman–Crippen MR) is 66.0 cm³/mol. The van der Waals surface area contributed by atoms with Crippen LogP contribution in [0.3, 0.4) is 0 Å². The van der Waals surface area contributed by atoms with Crippen LogP contribution in [0.4, 0.5) is 0 Å². The zero-order valence-electron chi connectivity index (χ0n) is 8.09. The summed E-state index contributed by atoms with van der Waals surface area (Å²) in [6.45, 7) is 0. The Balaban J connectivity index is 2.71. The standard InChI is InChI=1S/C6H3Cl3N2O5S2/c7-6(18(9,14)15)2-1-3(17(8,12)13)4-5(6)11-16-10-4/h1-2,10H. The van der Waals surface area contributed by atoms with Gasteiger partial charge in [-0.15, -0.1) is 0 Å². The van der Waals surface area contributed by atoms with E-state index in [1.807, 2.05) is 0 Å². The van der Waals surface area contributed by atoms with Crippen LogP contribution in [0.15, 0.2) is 27.9 Å². The Morgan fingerprint density at radius 1 is 1.28 bits per heavy atom. The smallest absolute Gasteiger partial charge is 0.263 e. The number of fused-ring (bicyclic) bond motifs is 1. The Kier molecular flexibility index (Phi) is 3.10. The van der Waals surface area contributed by atoms with Gasteiger partial charge in [0.15, 0.2) is 5.71 Å². The maximum Gasteiger partial charge on any atom is 0.263 e. The van der Waals surface area contributed by atoms with Crippen molar-refractivity contribution in [3.63, 3.8) is 0 Å². The molecule has 0 saturated heterocycles. The van der Waals surface area contributed by atoms with Gasteiger partial charge in [0.2, 0.25) is 4.21 Å². The first-order valence-corrected chi connectivity index (χ1v) is 9.09. The molecule has 0 fully saturated rings. The summed E-state index contributed by atoms with van der Waals surface area (Å²) in [4.78, 5) is 4.00. The number of halogens is 3. The fourth-order valence-corrected chi connectivity index (χ4v) is 3.52. The Morgan fingerprint density at radius 3 is 2.39 bits per heavy atom. The first-order valence-electron chi connectivity index (χ1n) is 4.09. The van der Waals surface area contributed by atoms with E-state index in [9.17, 15) is 16.8 Å². The quantitative estimate of drug-likeness (QED) is 0.580. The maximum absolute atomic E-state index is 11.4. The third kappa shape index (κ3) is 1.99. The molecule has 1 aliphatic carbocycles. The summed E-state index contributed by atoms with van der Waals surface area (Å²) >= 11 is 5.84. The van der Waals surface area contributed by atoms with Crippen molar-refractivity contribution in [3.05, 3.63) is 22.8 Å². The third-order valence-corrected chi connectivity index (χ3v) is 6.44. The summed E-state index contributed by atoms with van der Waals surface area (Å²) in [6, 6.07) is 0. The van der Waals surface area contributed by atoms with Crippen LogP contribution < -0.4 is 5.48 Å². The van der Waals surface area contributed by atoms with Crippen LogP contribution in [-0.2, 0) is 23.0 Å². The van der Waals surface area contributed by atoms with Gasteiger partial charge in [-0.3, -0.25) is 4.94 Å². The molecule has 0 radical (unpaired) electrons. The minimum atomic E-state index is -4.32. The van der Waals surface area contributed by atoms with Gasteiger partial charge in [-0.2, -0.15) is 5.48 Å². The topological polar surface area (TPSA) is 102 Å². The maximum atomic E-state index is 11.4. The number of hydrogen-bond donors (Lipinski definition) is 1. The lowest BCUT2D eigenvalue weighted by atomic mass is 10.1. The molecule has 0 aromatic rings. The van der Waals surface area contributed by atoms with Crippen molar-refractivity contribution in [2.24, 2.45) is 5.16 Å². The van der Waals surface area contributed by atoms with Gasteiger partial charge < -0.3 is 0 Å². The molecule has 0 bridgehead atoms. The normalized spacial score (nSPS) is 27.4. The minimum Gasteiger partial charge on any atom is -0.270 e. The zero-order valence-corrected chi connectivity index (χ0v) is 12.0. The third-order valence-electron chi connectivity index (χ3n) is 2.16. The van der Waals surface area contributed by atoms with Crippen molar-refractivity contribution in [2.45, 2.75) is 4.21 Å². The van der Waals surface area contributed by atoms with Gasteiger partial charge in [-0.25, -0.2) is 16.8 Å². The van der Waals surface area contributed by atoms with E-state index in [1.54, 1.807) is 0 Å². The number of hydroxylamine groups is 1. The molecule has 2 aliphatic rings. The molecule has 0 aromatic heterocycles. The van der Waals surface area contributed by atoms with E-state index in [-0.39, 0.29) is 5.70 Å². The zero-order chi connectivity index (χ0) is 13.8. The lowest BCUT2D eigenvalue weighted by Gasteiger charge is -2.22. The average Bonchev–Trinajstić information content (AvgIpc) is 2.63. The van der Waals surface area contributed by atoms with Crippen molar-refractivity contribution >= 4 is 56.8 Å². The molecule has 100 valence electrons. The number of rotatable bonds is 2. The van der Waals surface area contributed by atoms with Gasteiger partial charge in [0.05, 0.1) is 0 Å². The van der Waals surface area contributed by atoms with E-state index in [2.05, 4.69) is 15.6 Å². The predicted octanol–water partition coefficient (Wildman–Crippen LogP) is 0.731. The summed E-state index contributed by atoms with van der Waals surface area (Å²) in [5, 5.41) is 3.32. The molecule has 1 unspecified atom stereocenters. The fourth-order valence-electron chi connectivity index (χ4n) is 1.35. The molecule has 1 aliphatic heterocycles. The van der Waals surface area contributed by atoms with Crippen molar-refractivity contribution in [1.82, 2.24) is 5.48 Å².